The van der Waals surface area contributed by atoms with E-state index in [2.05, 4.69) is 17.0 Å². The Morgan fingerprint density at radius 3 is 2.66 bits per heavy atom. The maximum absolute atomic E-state index is 13.2. The van der Waals surface area contributed by atoms with Crippen molar-refractivity contribution in [1.29, 1.82) is 0 Å². The highest BCUT2D eigenvalue weighted by atomic mass is 32.2. The first-order valence-electron chi connectivity index (χ1n) is 11.7. The van der Waals surface area contributed by atoms with Crippen LogP contribution in [0.15, 0.2) is 23.1 Å². The van der Waals surface area contributed by atoms with E-state index >= 15 is 0 Å². The van der Waals surface area contributed by atoms with Crippen LogP contribution in [0.1, 0.15) is 57.6 Å². The van der Waals surface area contributed by atoms with E-state index in [1.165, 1.54) is 19.3 Å². The summed E-state index contributed by atoms with van der Waals surface area (Å²) in [7, 11) is 0.326. The van der Waals surface area contributed by atoms with Gasteiger partial charge in [-0.2, -0.15) is 0 Å². The summed E-state index contributed by atoms with van der Waals surface area (Å²) in [6.45, 7) is 5.97. The molecule has 1 aromatic carbocycles. The number of anilines is 1. The average Bonchev–Trinajstić information content (AvgIpc) is 3.19. The standard InChI is InChI=1S/C24H35N3O3S2/c1-16(18-11-13-30-14-12-18)25-24-26-17(2)23(31-24)19-9-10-21(29-3)22(15-19)32(28)27-20-7-5-4-6-8-20/h9-10,15-16,18,20,27H,4-8,11-14H2,1-3H3,(H,25,26). The minimum atomic E-state index is -1.31. The number of nitrogens with one attached hydrogen (secondary N) is 2. The van der Waals surface area contributed by atoms with Gasteiger partial charge in [-0.1, -0.05) is 30.6 Å². The van der Waals surface area contributed by atoms with Gasteiger partial charge < -0.3 is 14.8 Å². The summed E-state index contributed by atoms with van der Waals surface area (Å²) in [5, 5.41) is 4.55. The second kappa shape index (κ2) is 11.1. The zero-order valence-corrected chi connectivity index (χ0v) is 20.9. The summed E-state index contributed by atoms with van der Waals surface area (Å²) >= 11 is 1.66. The number of aromatic nitrogens is 1. The highest BCUT2D eigenvalue weighted by molar-refractivity contribution is 7.83. The third-order valence-electron chi connectivity index (χ3n) is 6.63. The summed E-state index contributed by atoms with van der Waals surface area (Å²) in [6.07, 6.45) is 8.03. The molecule has 6 nitrogen and oxygen atoms in total. The molecule has 2 heterocycles. The summed E-state index contributed by atoms with van der Waals surface area (Å²) in [5.41, 5.74) is 2.01. The summed E-state index contributed by atoms with van der Waals surface area (Å²) in [6, 6.07) is 6.62. The largest absolute Gasteiger partial charge is 0.495 e. The fourth-order valence-electron chi connectivity index (χ4n) is 4.65. The molecule has 0 bridgehead atoms. The number of methoxy groups -OCH3 is 1. The Kier molecular flexibility index (Phi) is 8.21. The molecule has 4 rings (SSSR count). The SMILES string of the molecule is COc1ccc(-c2sc(NC(C)C3CCOCC3)nc2C)cc1S(=O)NC1CCCCC1. The minimum Gasteiger partial charge on any atom is -0.495 e. The number of nitrogens with zero attached hydrogens (tertiary/aromatic N) is 1. The topological polar surface area (TPSA) is 72.5 Å². The zero-order valence-electron chi connectivity index (χ0n) is 19.3. The molecular weight excluding hydrogens is 442 g/mol. The summed E-state index contributed by atoms with van der Waals surface area (Å²) in [5.74, 6) is 1.27. The maximum atomic E-state index is 13.2. The molecule has 2 aliphatic rings. The van der Waals surface area contributed by atoms with Gasteiger partial charge >= 0.3 is 0 Å². The van der Waals surface area contributed by atoms with Crippen LogP contribution in [0.4, 0.5) is 5.13 Å². The monoisotopic (exact) mass is 477 g/mol. The Morgan fingerprint density at radius 1 is 1.19 bits per heavy atom. The predicted octanol–water partition coefficient (Wildman–Crippen LogP) is 5.30. The minimum absolute atomic E-state index is 0.311. The van der Waals surface area contributed by atoms with Crippen molar-refractivity contribution < 1.29 is 13.7 Å². The van der Waals surface area contributed by atoms with Crippen LogP contribution in [0.3, 0.4) is 0 Å². The molecule has 2 aromatic rings. The molecule has 0 amide bonds. The number of rotatable bonds is 8. The van der Waals surface area contributed by atoms with E-state index in [1.54, 1.807) is 18.4 Å². The van der Waals surface area contributed by atoms with Gasteiger partial charge in [0.1, 0.15) is 16.7 Å². The number of aryl methyl sites for hydroxylation is 1. The number of benzene rings is 1. The van der Waals surface area contributed by atoms with Gasteiger partial charge in [-0.3, -0.25) is 0 Å². The molecule has 1 aliphatic heterocycles. The van der Waals surface area contributed by atoms with E-state index in [4.69, 9.17) is 14.5 Å². The van der Waals surface area contributed by atoms with Crippen LogP contribution in [0.25, 0.3) is 10.4 Å². The number of hydrogen-bond acceptors (Lipinski definition) is 6. The molecule has 0 spiro atoms. The van der Waals surface area contributed by atoms with E-state index in [9.17, 15) is 4.21 Å². The van der Waals surface area contributed by atoms with Crippen molar-refractivity contribution in [3.63, 3.8) is 0 Å². The van der Waals surface area contributed by atoms with Gasteiger partial charge in [0.2, 0.25) is 0 Å². The third-order valence-corrected chi connectivity index (χ3v) is 9.03. The van der Waals surface area contributed by atoms with Gasteiger partial charge in [0.15, 0.2) is 5.13 Å². The lowest BCUT2D eigenvalue weighted by atomic mass is 9.93. The second-order valence-electron chi connectivity index (χ2n) is 8.90. The summed E-state index contributed by atoms with van der Waals surface area (Å²) < 4.78 is 27.5. The number of thiazole rings is 1. The van der Waals surface area contributed by atoms with Crippen LogP contribution in [0.5, 0.6) is 5.75 Å². The molecule has 176 valence electrons. The second-order valence-corrected chi connectivity index (χ2v) is 11.1. The van der Waals surface area contributed by atoms with Gasteiger partial charge in [-0.05, 0) is 69.2 Å². The first-order chi connectivity index (χ1) is 15.5. The Balaban J connectivity index is 1.51. The first-order valence-corrected chi connectivity index (χ1v) is 13.7. The quantitative estimate of drug-likeness (QED) is 0.540. The normalized spacial score (nSPS) is 20.1. The van der Waals surface area contributed by atoms with Crippen molar-refractivity contribution in [3.8, 4) is 16.2 Å². The van der Waals surface area contributed by atoms with Gasteiger partial charge in [-0.25, -0.2) is 13.9 Å². The van der Waals surface area contributed by atoms with Gasteiger partial charge in [-0.15, -0.1) is 0 Å². The molecule has 0 radical (unpaired) electrons. The number of hydrogen-bond donors (Lipinski definition) is 2. The van der Waals surface area contributed by atoms with Crippen LogP contribution < -0.4 is 14.8 Å². The lowest BCUT2D eigenvalue weighted by Crippen LogP contribution is -2.32. The third kappa shape index (κ3) is 5.71. The first kappa shape index (κ1) is 23.7. The van der Waals surface area contributed by atoms with Gasteiger partial charge in [0.25, 0.3) is 0 Å². The van der Waals surface area contributed by atoms with E-state index in [1.807, 2.05) is 25.1 Å². The Labute approximate surface area is 198 Å². The van der Waals surface area contributed by atoms with E-state index in [-0.39, 0.29) is 0 Å². The molecule has 1 saturated heterocycles. The van der Waals surface area contributed by atoms with Crippen molar-refractivity contribution in [3.05, 3.63) is 23.9 Å². The smallest absolute Gasteiger partial charge is 0.183 e. The predicted molar refractivity (Wildman–Crippen MR) is 132 cm³/mol. The van der Waals surface area contributed by atoms with Crippen molar-refractivity contribution >= 4 is 27.5 Å². The lowest BCUT2D eigenvalue weighted by Gasteiger charge is -2.28. The molecular formula is C24H35N3O3S2. The van der Waals surface area contributed by atoms with Crippen LogP contribution in [0, 0.1) is 12.8 Å². The highest BCUT2D eigenvalue weighted by Gasteiger charge is 2.23. The van der Waals surface area contributed by atoms with Crippen LogP contribution in [-0.2, 0) is 15.7 Å². The molecule has 2 N–H and O–H groups in total. The molecule has 32 heavy (non-hydrogen) atoms. The van der Waals surface area contributed by atoms with Crippen molar-refractivity contribution in [2.45, 2.75) is 75.8 Å². The fraction of sp³-hybridized carbons (Fsp3) is 0.625. The Morgan fingerprint density at radius 2 is 1.94 bits per heavy atom. The highest BCUT2D eigenvalue weighted by Crippen LogP contribution is 2.37. The molecule has 1 saturated carbocycles. The van der Waals surface area contributed by atoms with E-state index in [0.29, 0.717) is 28.6 Å². The molecule has 2 fully saturated rings. The molecule has 1 aromatic heterocycles. The molecule has 1 aliphatic carbocycles. The van der Waals surface area contributed by atoms with Crippen molar-refractivity contribution in [2.24, 2.45) is 5.92 Å². The van der Waals surface area contributed by atoms with Crippen LogP contribution >= 0.6 is 11.3 Å². The van der Waals surface area contributed by atoms with Gasteiger partial charge in [0, 0.05) is 25.3 Å². The van der Waals surface area contributed by atoms with Crippen LogP contribution in [0.2, 0.25) is 0 Å². The Bertz CT molecular complexity index is 921. The van der Waals surface area contributed by atoms with E-state index < -0.39 is 11.0 Å². The van der Waals surface area contributed by atoms with Crippen molar-refractivity contribution in [1.82, 2.24) is 9.71 Å². The lowest BCUT2D eigenvalue weighted by molar-refractivity contribution is 0.0622. The zero-order chi connectivity index (χ0) is 22.5. The Hall–Kier alpha value is -1.48. The maximum Gasteiger partial charge on any atom is 0.183 e. The molecule has 8 heteroatoms. The van der Waals surface area contributed by atoms with Crippen molar-refractivity contribution in [2.75, 3.05) is 25.6 Å². The molecule has 2 unspecified atom stereocenters. The molecule has 2 atom stereocenters. The summed E-state index contributed by atoms with van der Waals surface area (Å²) in [4.78, 5) is 6.59. The fourth-order valence-corrected chi connectivity index (χ4v) is 6.94. The number of ether oxygens (including phenoxy) is 2. The van der Waals surface area contributed by atoms with Gasteiger partial charge in [0.05, 0.1) is 22.6 Å². The van der Waals surface area contributed by atoms with Crippen LogP contribution in [-0.4, -0.2) is 41.6 Å². The average molecular weight is 478 g/mol. The van der Waals surface area contributed by atoms with E-state index in [0.717, 1.165) is 60.2 Å².